The molecule has 2 N–H and O–H groups in total. The topological polar surface area (TPSA) is 82.8 Å². The summed E-state index contributed by atoms with van der Waals surface area (Å²) in [7, 11) is 0. The van der Waals surface area contributed by atoms with Crippen LogP contribution in [0.4, 0.5) is 10.5 Å². The van der Waals surface area contributed by atoms with Crippen LogP contribution in [-0.2, 0) is 6.54 Å². The van der Waals surface area contributed by atoms with Crippen molar-refractivity contribution in [1.82, 2.24) is 4.90 Å². The highest BCUT2D eigenvalue weighted by molar-refractivity contribution is 5.92. The van der Waals surface area contributed by atoms with Gasteiger partial charge in [-0.1, -0.05) is 30.3 Å². The van der Waals surface area contributed by atoms with E-state index in [1.165, 1.54) is 11.0 Å². The first kappa shape index (κ1) is 16.7. The number of fused-ring (bicyclic) bond motifs is 1. The van der Waals surface area contributed by atoms with Crippen LogP contribution in [0.3, 0.4) is 0 Å². The maximum absolute atomic E-state index is 12.5. The largest absolute Gasteiger partial charge is 0.423 e. The SMILES string of the molecule is O=C(Nc1ccc2oc(=O)ccc2c1)N(CCO)Cc1ccccc1. The molecule has 0 aliphatic carbocycles. The van der Waals surface area contributed by atoms with Crippen molar-refractivity contribution in [2.75, 3.05) is 18.5 Å². The second kappa shape index (κ2) is 7.63. The lowest BCUT2D eigenvalue weighted by Gasteiger charge is -2.22. The Morgan fingerprint density at radius 3 is 2.64 bits per heavy atom. The molecule has 0 radical (unpaired) electrons. The van der Waals surface area contributed by atoms with Crippen molar-refractivity contribution >= 4 is 22.7 Å². The molecular formula is C19H18N2O4. The molecule has 0 bridgehead atoms. The van der Waals surface area contributed by atoms with Gasteiger partial charge in [0.15, 0.2) is 0 Å². The van der Waals surface area contributed by atoms with Gasteiger partial charge in [0.2, 0.25) is 0 Å². The van der Waals surface area contributed by atoms with E-state index in [-0.39, 0.29) is 19.2 Å². The van der Waals surface area contributed by atoms with Gasteiger partial charge in [0.05, 0.1) is 6.61 Å². The lowest BCUT2D eigenvalue weighted by atomic mass is 10.2. The number of urea groups is 1. The molecule has 6 nitrogen and oxygen atoms in total. The van der Waals surface area contributed by atoms with Gasteiger partial charge in [0.1, 0.15) is 5.58 Å². The monoisotopic (exact) mass is 338 g/mol. The van der Waals surface area contributed by atoms with E-state index in [1.807, 2.05) is 30.3 Å². The number of carbonyl (C=O) groups is 1. The van der Waals surface area contributed by atoms with Crippen molar-refractivity contribution in [3.8, 4) is 0 Å². The van der Waals surface area contributed by atoms with Crippen LogP contribution < -0.4 is 10.9 Å². The number of nitrogens with zero attached hydrogens (tertiary/aromatic N) is 1. The van der Waals surface area contributed by atoms with Crippen LogP contribution in [0.25, 0.3) is 11.0 Å². The summed E-state index contributed by atoms with van der Waals surface area (Å²) in [5, 5.41) is 12.8. The van der Waals surface area contributed by atoms with Gasteiger partial charge in [-0.2, -0.15) is 0 Å². The number of anilines is 1. The average Bonchev–Trinajstić information content (AvgIpc) is 2.62. The molecule has 0 unspecified atom stereocenters. The molecule has 25 heavy (non-hydrogen) atoms. The Kier molecular flexibility index (Phi) is 5.11. The molecular weight excluding hydrogens is 320 g/mol. The van der Waals surface area contributed by atoms with Crippen molar-refractivity contribution in [2.24, 2.45) is 0 Å². The molecule has 0 fully saturated rings. The van der Waals surface area contributed by atoms with Gasteiger partial charge >= 0.3 is 11.7 Å². The Morgan fingerprint density at radius 1 is 1.08 bits per heavy atom. The van der Waals surface area contributed by atoms with E-state index in [9.17, 15) is 14.7 Å². The quantitative estimate of drug-likeness (QED) is 0.701. The van der Waals surface area contributed by atoms with Gasteiger partial charge in [-0.3, -0.25) is 0 Å². The zero-order valence-corrected chi connectivity index (χ0v) is 13.5. The second-order valence-electron chi connectivity index (χ2n) is 5.57. The van der Waals surface area contributed by atoms with Gasteiger partial charge in [-0.25, -0.2) is 9.59 Å². The number of rotatable bonds is 5. The molecule has 1 aromatic heterocycles. The van der Waals surface area contributed by atoms with Crippen molar-refractivity contribution in [3.63, 3.8) is 0 Å². The van der Waals surface area contributed by atoms with Crippen molar-refractivity contribution in [3.05, 3.63) is 76.6 Å². The standard InChI is InChI=1S/C19H18N2O4/c22-11-10-21(13-14-4-2-1-3-5-14)19(24)20-16-7-8-17-15(12-16)6-9-18(23)25-17/h1-9,12,22H,10-11,13H2,(H,20,24). The minimum Gasteiger partial charge on any atom is -0.423 e. The van der Waals surface area contributed by atoms with E-state index < -0.39 is 5.63 Å². The molecule has 6 heteroatoms. The molecule has 0 atom stereocenters. The van der Waals surface area contributed by atoms with Crippen LogP contribution in [-0.4, -0.2) is 29.2 Å². The summed E-state index contributed by atoms with van der Waals surface area (Å²) >= 11 is 0. The minimum absolute atomic E-state index is 0.122. The van der Waals surface area contributed by atoms with E-state index in [2.05, 4.69) is 5.32 Å². The Hall–Kier alpha value is -3.12. The fourth-order valence-electron chi connectivity index (χ4n) is 2.53. The number of carbonyl (C=O) groups excluding carboxylic acids is 1. The molecule has 128 valence electrons. The predicted octanol–water partition coefficient (Wildman–Crippen LogP) is 2.82. The lowest BCUT2D eigenvalue weighted by Crippen LogP contribution is -2.36. The van der Waals surface area contributed by atoms with Gasteiger partial charge in [-0.15, -0.1) is 0 Å². The Labute approximate surface area is 144 Å². The minimum atomic E-state index is -0.415. The van der Waals surface area contributed by atoms with Crippen molar-refractivity contribution in [2.45, 2.75) is 6.54 Å². The maximum Gasteiger partial charge on any atom is 0.336 e. The molecule has 0 aliphatic heterocycles. The first-order chi connectivity index (χ1) is 12.2. The van der Waals surface area contributed by atoms with Crippen LogP contribution in [0.2, 0.25) is 0 Å². The third-order valence-electron chi connectivity index (χ3n) is 3.74. The summed E-state index contributed by atoms with van der Waals surface area (Å²) in [4.78, 5) is 25.3. The third-order valence-corrected chi connectivity index (χ3v) is 3.74. The smallest absolute Gasteiger partial charge is 0.336 e. The summed E-state index contributed by atoms with van der Waals surface area (Å²) in [5.74, 6) is 0. The average molecular weight is 338 g/mol. The Balaban J connectivity index is 1.76. The van der Waals surface area contributed by atoms with E-state index in [1.54, 1.807) is 24.3 Å². The predicted molar refractivity (Wildman–Crippen MR) is 95.4 cm³/mol. The normalized spacial score (nSPS) is 10.6. The zero-order valence-electron chi connectivity index (χ0n) is 13.5. The van der Waals surface area contributed by atoms with E-state index in [0.29, 0.717) is 23.2 Å². The molecule has 0 spiro atoms. The van der Waals surface area contributed by atoms with Gasteiger partial charge in [-0.05, 0) is 29.8 Å². The third kappa shape index (κ3) is 4.24. The Bertz CT molecular complexity index is 921. The fraction of sp³-hybridized carbons (Fsp3) is 0.158. The van der Waals surface area contributed by atoms with Gasteiger partial charge in [0, 0.05) is 30.2 Å². The van der Waals surface area contributed by atoms with Crippen LogP contribution in [0.1, 0.15) is 5.56 Å². The highest BCUT2D eigenvalue weighted by atomic mass is 16.4. The first-order valence-corrected chi connectivity index (χ1v) is 7.90. The highest BCUT2D eigenvalue weighted by Crippen LogP contribution is 2.18. The molecule has 0 saturated heterocycles. The molecule has 2 amide bonds. The van der Waals surface area contributed by atoms with Crippen LogP contribution in [0.5, 0.6) is 0 Å². The van der Waals surface area contributed by atoms with Gasteiger partial charge in [0.25, 0.3) is 0 Å². The molecule has 1 heterocycles. The fourth-order valence-corrected chi connectivity index (χ4v) is 2.53. The van der Waals surface area contributed by atoms with E-state index in [4.69, 9.17) is 4.42 Å². The van der Waals surface area contributed by atoms with Gasteiger partial charge < -0.3 is 19.7 Å². The maximum atomic E-state index is 12.5. The number of aliphatic hydroxyl groups is 1. The van der Waals surface area contributed by atoms with Crippen LogP contribution in [0.15, 0.2) is 69.9 Å². The number of nitrogens with one attached hydrogen (secondary N) is 1. The molecule has 2 aromatic carbocycles. The van der Waals surface area contributed by atoms with Crippen molar-refractivity contribution in [1.29, 1.82) is 0 Å². The van der Waals surface area contributed by atoms with Crippen LogP contribution in [0, 0.1) is 0 Å². The Morgan fingerprint density at radius 2 is 1.88 bits per heavy atom. The molecule has 3 aromatic rings. The molecule has 0 saturated carbocycles. The number of benzene rings is 2. The summed E-state index contributed by atoms with van der Waals surface area (Å²) < 4.78 is 5.07. The number of aliphatic hydroxyl groups excluding tert-OH is 1. The highest BCUT2D eigenvalue weighted by Gasteiger charge is 2.14. The number of amides is 2. The summed E-state index contributed by atoms with van der Waals surface area (Å²) in [5.41, 5.74) is 1.61. The number of hydrogen-bond donors (Lipinski definition) is 2. The van der Waals surface area contributed by atoms with E-state index >= 15 is 0 Å². The molecule has 3 rings (SSSR count). The molecule has 0 aliphatic rings. The summed E-state index contributed by atoms with van der Waals surface area (Å²) in [6.07, 6.45) is 0. The lowest BCUT2D eigenvalue weighted by molar-refractivity contribution is 0.185. The van der Waals surface area contributed by atoms with Crippen molar-refractivity contribution < 1.29 is 14.3 Å². The van der Waals surface area contributed by atoms with Crippen LogP contribution >= 0.6 is 0 Å². The number of hydrogen-bond acceptors (Lipinski definition) is 4. The zero-order chi connectivity index (χ0) is 17.6. The summed E-state index contributed by atoms with van der Waals surface area (Å²) in [6, 6.07) is 17.3. The second-order valence-corrected chi connectivity index (χ2v) is 5.57. The first-order valence-electron chi connectivity index (χ1n) is 7.90. The van der Waals surface area contributed by atoms with E-state index in [0.717, 1.165) is 5.56 Å². The summed E-state index contributed by atoms with van der Waals surface area (Å²) in [6.45, 7) is 0.502.